The molecule has 0 saturated carbocycles. The molecule has 0 bridgehead atoms. The first-order valence-electron chi connectivity index (χ1n) is 4.82. The molecule has 2 rings (SSSR count). The molecule has 0 atom stereocenters. The maximum Gasteiger partial charge on any atom is 0.319 e. The Hall–Kier alpha value is -1.63. The third-order valence-electron chi connectivity index (χ3n) is 2.35. The summed E-state index contributed by atoms with van der Waals surface area (Å²) < 4.78 is 0.735. The summed E-state index contributed by atoms with van der Waals surface area (Å²) in [7, 11) is 0. The van der Waals surface area contributed by atoms with Crippen LogP contribution in [0, 0.1) is 13.7 Å². The maximum absolute atomic E-state index is 11.0. The summed E-state index contributed by atoms with van der Waals surface area (Å²) in [4.78, 5) is 10.5. The Morgan fingerprint density at radius 2 is 1.76 bits per heavy atom. The Bertz CT molecular complexity index is 569. The second kappa shape index (κ2) is 4.70. The summed E-state index contributed by atoms with van der Waals surface area (Å²) in [5.74, 6) is -0.311. The zero-order valence-corrected chi connectivity index (χ0v) is 10.8. The van der Waals surface area contributed by atoms with Crippen LogP contribution in [0.15, 0.2) is 42.5 Å². The van der Waals surface area contributed by atoms with Crippen LogP contribution in [0.1, 0.15) is 0 Å². The Morgan fingerprint density at radius 3 is 2.35 bits per heavy atom. The molecule has 0 aromatic heterocycles. The lowest BCUT2D eigenvalue weighted by atomic mass is 10.0. The smallest absolute Gasteiger partial charge is 0.319 e. The van der Waals surface area contributed by atoms with Gasteiger partial charge in [-0.3, -0.25) is 10.1 Å². The molecule has 17 heavy (non-hydrogen) atoms. The number of rotatable bonds is 2. The molecule has 0 aliphatic carbocycles. The van der Waals surface area contributed by atoms with Gasteiger partial charge >= 0.3 is 5.69 Å². The van der Waals surface area contributed by atoms with Gasteiger partial charge in [0.05, 0.1) is 10.5 Å². The fourth-order valence-corrected chi connectivity index (χ4v) is 2.37. The number of nitrogens with zero attached hydrogens (tertiary/aromatic N) is 1. The van der Waals surface area contributed by atoms with Gasteiger partial charge in [-0.2, -0.15) is 0 Å². The molecule has 5 heteroatoms. The number of phenols is 1. The number of aromatic hydroxyl groups is 1. The van der Waals surface area contributed by atoms with Crippen molar-refractivity contribution >= 4 is 28.3 Å². The van der Waals surface area contributed by atoms with Gasteiger partial charge in [-0.05, 0) is 40.3 Å². The highest BCUT2D eigenvalue weighted by Crippen LogP contribution is 2.39. The third kappa shape index (κ3) is 2.23. The predicted molar refractivity (Wildman–Crippen MR) is 72.9 cm³/mol. The van der Waals surface area contributed by atoms with Crippen LogP contribution in [0.2, 0.25) is 0 Å². The maximum atomic E-state index is 11.0. The third-order valence-corrected chi connectivity index (χ3v) is 3.25. The van der Waals surface area contributed by atoms with Crippen molar-refractivity contribution in [2.75, 3.05) is 0 Å². The van der Waals surface area contributed by atoms with Crippen molar-refractivity contribution in [2.45, 2.75) is 0 Å². The molecule has 86 valence electrons. The van der Waals surface area contributed by atoms with Crippen LogP contribution in [0.25, 0.3) is 11.1 Å². The minimum absolute atomic E-state index is 0.247. The van der Waals surface area contributed by atoms with Crippen LogP contribution in [-0.4, -0.2) is 10.0 Å². The molecule has 0 saturated heterocycles. The van der Waals surface area contributed by atoms with Crippen LogP contribution in [-0.2, 0) is 0 Å². The van der Waals surface area contributed by atoms with Crippen LogP contribution in [0.4, 0.5) is 5.69 Å². The Balaban J connectivity index is 2.76. The first-order valence-corrected chi connectivity index (χ1v) is 5.90. The van der Waals surface area contributed by atoms with E-state index < -0.39 is 4.92 Å². The van der Waals surface area contributed by atoms with Crippen LogP contribution < -0.4 is 0 Å². The van der Waals surface area contributed by atoms with Crippen molar-refractivity contribution in [1.29, 1.82) is 0 Å². The van der Waals surface area contributed by atoms with E-state index in [1.807, 2.05) is 28.7 Å². The highest BCUT2D eigenvalue weighted by molar-refractivity contribution is 14.1. The van der Waals surface area contributed by atoms with Gasteiger partial charge in [-0.1, -0.05) is 30.3 Å². The minimum Gasteiger partial charge on any atom is -0.502 e. The fourth-order valence-electron chi connectivity index (χ4n) is 1.62. The second-order valence-electron chi connectivity index (χ2n) is 3.41. The molecule has 0 radical (unpaired) electrons. The van der Waals surface area contributed by atoms with Crippen molar-refractivity contribution in [3.05, 3.63) is 56.1 Å². The number of halogens is 1. The molecular formula is C12H8INO3. The second-order valence-corrected chi connectivity index (χ2v) is 4.58. The standard InChI is InChI=1S/C12H8INO3/c13-9-6-7-10(15)12(14(16)17)11(9)8-4-2-1-3-5-8/h1-7,15H. The molecule has 0 aliphatic rings. The normalized spacial score (nSPS) is 10.2. The van der Waals surface area contributed by atoms with Gasteiger partial charge in [-0.25, -0.2) is 0 Å². The van der Waals surface area contributed by atoms with E-state index in [1.54, 1.807) is 30.3 Å². The summed E-state index contributed by atoms with van der Waals surface area (Å²) in [5, 5.41) is 20.6. The molecular weight excluding hydrogens is 333 g/mol. The summed E-state index contributed by atoms with van der Waals surface area (Å²) in [6.07, 6.45) is 0. The van der Waals surface area contributed by atoms with Crippen LogP contribution >= 0.6 is 22.6 Å². The summed E-state index contributed by atoms with van der Waals surface area (Å²) >= 11 is 2.02. The predicted octanol–water partition coefficient (Wildman–Crippen LogP) is 3.57. The summed E-state index contributed by atoms with van der Waals surface area (Å²) in [6.45, 7) is 0. The molecule has 2 aromatic carbocycles. The Labute approximate surface area is 111 Å². The van der Waals surface area contributed by atoms with Crippen molar-refractivity contribution in [1.82, 2.24) is 0 Å². The molecule has 0 aliphatic heterocycles. The number of hydrogen-bond acceptors (Lipinski definition) is 3. The van der Waals surface area contributed by atoms with Gasteiger partial charge in [0.2, 0.25) is 0 Å². The Morgan fingerprint density at radius 1 is 1.12 bits per heavy atom. The minimum atomic E-state index is -0.556. The number of nitro groups is 1. The number of nitro benzene ring substituents is 1. The number of benzene rings is 2. The van der Waals surface area contributed by atoms with E-state index in [-0.39, 0.29) is 11.4 Å². The fraction of sp³-hybridized carbons (Fsp3) is 0. The zero-order valence-electron chi connectivity index (χ0n) is 8.63. The lowest BCUT2D eigenvalue weighted by molar-refractivity contribution is -0.385. The van der Waals surface area contributed by atoms with Crippen LogP contribution in [0.5, 0.6) is 5.75 Å². The molecule has 0 spiro atoms. The molecule has 1 N–H and O–H groups in total. The van der Waals surface area contributed by atoms with Crippen molar-refractivity contribution < 1.29 is 10.0 Å². The molecule has 2 aromatic rings. The highest BCUT2D eigenvalue weighted by atomic mass is 127. The van der Waals surface area contributed by atoms with Gasteiger partial charge in [0.25, 0.3) is 0 Å². The molecule has 0 unspecified atom stereocenters. The molecule has 0 fully saturated rings. The van der Waals surface area contributed by atoms with Crippen molar-refractivity contribution in [3.63, 3.8) is 0 Å². The molecule has 4 nitrogen and oxygen atoms in total. The molecule has 0 amide bonds. The van der Waals surface area contributed by atoms with Gasteiger partial charge < -0.3 is 5.11 Å². The number of hydrogen-bond donors (Lipinski definition) is 1. The highest BCUT2D eigenvalue weighted by Gasteiger charge is 2.23. The monoisotopic (exact) mass is 341 g/mol. The van der Waals surface area contributed by atoms with E-state index in [0.29, 0.717) is 5.56 Å². The topological polar surface area (TPSA) is 63.4 Å². The first-order chi connectivity index (χ1) is 8.11. The van der Waals surface area contributed by atoms with Crippen molar-refractivity contribution in [3.8, 4) is 16.9 Å². The van der Waals surface area contributed by atoms with Crippen molar-refractivity contribution in [2.24, 2.45) is 0 Å². The largest absolute Gasteiger partial charge is 0.502 e. The summed E-state index contributed by atoms with van der Waals surface area (Å²) in [6, 6.07) is 12.0. The van der Waals surface area contributed by atoms with E-state index >= 15 is 0 Å². The van der Waals surface area contributed by atoms with E-state index in [4.69, 9.17) is 0 Å². The zero-order chi connectivity index (χ0) is 12.4. The van der Waals surface area contributed by atoms with E-state index in [0.717, 1.165) is 9.13 Å². The first kappa shape index (κ1) is 11.8. The SMILES string of the molecule is O=[N+]([O-])c1c(O)ccc(I)c1-c1ccccc1. The summed E-state index contributed by atoms with van der Waals surface area (Å²) in [5.41, 5.74) is 0.929. The number of phenolic OH excluding ortho intramolecular Hbond substituents is 1. The van der Waals surface area contributed by atoms with E-state index in [2.05, 4.69) is 0 Å². The quantitative estimate of drug-likeness (QED) is 0.516. The van der Waals surface area contributed by atoms with Gasteiger partial charge in [0.15, 0.2) is 5.75 Å². The van der Waals surface area contributed by atoms with Gasteiger partial charge in [0.1, 0.15) is 0 Å². The van der Waals surface area contributed by atoms with E-state index in [1.165, 1.54) is 6.07 Å². The Kier molecular flexibility index (Phi) is 3.28. The van der Waals surface area contributed by atoms with Gasteiger partial charge in [-0.15, -0.1) is 0 Å². The lowest BCUT2D eigenvalue weighted by Gasteiger charge is -2.07. The lowest BCUT2D eigenvalue weighted by Crippen LogP contribution is -1.95. The average Bonchev–Trinajstić information content (AvgIpc) is 2.32. The van der Waals surface area contributed by atoms with Crippen LogP contribution in [0.3, 0.4) is 0 Å². The average molecular weight is 341 g/mol. The van der Waals surface area contributed by atoms with Gasteiger partial charge in [0, 0.05) is 3.57 Å². The molecule has 0 heterocycles. The van der Waals surface area contributed by atoms with E-state index in [9.17, 15) is 15.2 Å².